The summed E-state index contributed by atoms with van der Waals surface area (Å²) in [7, 11) is 0. The lowest BCUT2D eigenvalue weighted by Gasteiger charge is -2.38. The van der Waals surface area contributed by atoms with Gasteiger partial charge in [0, 0.05) is 29.1 Å². The number of nitro benzene ring substituents is 2. The van der Waals surface area contributed by atoms with Crippen molar-refractivity contribution >= 4 is 27.3 Å². The molecule has 0 N–H and O–H groups in total. The Labute approximate surface area is 158 Å². The highest BCUT2D eigenvalue weighted by molar-refractivity contribution is 9.09. The van der Waals surface area contributed by atoms with E-state index in [1.807, 2.05) is 0 Å². The van der Waals surface area contributed by atoms with Crippen LogP contribution in [-0.4, -0.2) is 14.7 Å². The molecule has 7 nitrogen and oxygen atoms in total. The van der Waals surface area contributed by atoms with Gasteiger partial charge in [-0.05, 0) is 47.7 Å². The maximum Gasteiger partial charge on any atom is 0.269 e. The average Bonchev–Trinajstić information content (AvgIpc) is 2.64. The van der Waals surface area contributed by atoms with Gasteiger partial charge in [-0.2, -0.15) is 0 Å². The van der Waals surface area contributed by atoms with Crippen LogP contribution in [0.25, 0.3) is 0 Å². The van der Waals surface area contributed by atoms with Crippen LogP contribution in [0, 0.1) is 26.1 Å². The van der Waals surface area contributed by atoms with Crippen molar-refractivity contribution in [2.24, 2.45) is 5.92 Å². The van der Waals surface area contributed by atoms with Gasteiger partial charge in [0.25, 0.3) is 11.4 Å². The second-order valence-electron chi connectivity index (χ2n) is 6.35. The van der Waals surface area contributed by atoms with E-state index in [0.717, 1.165) is 17.5 Å². The molecule has 0 radical (unpaired) electrons. The third kappa shape index (κ3) is 3.76. The molecule has 0 unspecified atom stereocenters. The molecule has 8 heteroatoms. The van der Waals surface area contributed by atoms with E-state index in [-0.39, 0.29) is 34.3 Å². The van der Waals surface area contributed by atoms with E-state index >= 15 is 0 Å². The summed E-state index contributed by atoms with van der Waals surface area (Å²) in [5.74, 6) is 0.172. The monoisotopic (exact) mass is 420 g/mol. The predicted octanol–water partition coefficient (Wildman–Crippen LogP) is 5.11. The first-order valence-electron chi connectivity index (χ1n) is 8.15. The second kappa shape index (κ2) is 7.51. The van der Waals surface area contributed by atoms with E-state index in [1.54, 1.807) is 24.3 Å². The van der Waals surface area contributed by atoms with Crippen molar-refractivity contribution in [1.29, 1.82) is 0 Å². The fourth-order valence-electron chi connectivity index (χ4n) is 3.16. The van der Waals surface area contributed by atoms with Crippen LogP contribution in [0.3, 0.4) is 0 Å². The van der Waals surface area contributed by atoms with Crippen molar-refractivity contribution in [3.8, 4) is 0 Å². The molecule has 1 saturated heterocycles. The number of nitro groups is 2. The van der Waals surface area contributed by atoms with Gasteiger partial charge < -0.3 is 4.74 Å². The van der Waals surface area contributed by atoms with Crippen molar-refractivity contribution in [2.75, 3.05) is 0 Å². The Hall–Kier alpha value is -2.32. The summed E-state index contributed by atoms with van der Waals surface area (Å²) in [6.07, 6.45) is 0.299. The molecule has 26 heavy (non-hydrogen) atoms. The Balaban J connectivity index is 1.84. The molecular weight excluding hydrogens is 404 g/mol. The number of alkyl halides is 1. The molecular formula is C18H17BrN2O5. The molecule has 0 aromatic heterocycles. The number of non-ortho nitro benzene ring substituents is 2. The lowest BCUT2D eigenvalue weighted by molar-refractivity contribution is -0.385. The van der Waals surface area contributed by atoms with Crippen molar-refractivity contribution in [3.05, 3.63) is 79.9 Å². The number of hydrogen-bond acceptors (Lipinski definition) is 5. The third-order valence-electron chi connectivity index (χ3n) is 4.71. The van der Waals surface area contributed by atoms with E-state index in [9.17, 15) is 20.2 Å². The maximum absolute atomic E-state index is 10.8. The smallest absolute Gasteiger partial charge is 0.269 e. The number of hydrogen-bond donors (Lipinski definition) is 0. The first-order valence-corrected chi connectivity index (χ1v) is 9.06. The van der Waals surface area contributed by atoms with Gasteiger partial charge in [-0.25, -0.2) is 0 Å². The van der Waals surface area contributed by atoms with Gasteiger partial charge in [0.15, 0.2) is 0 Å². The Morgan fingerprint density at radius 1 is 0.923 bits per heavy atom. The van der Waals surface area contributed by atoms with Gasteiger partial charge >= 0.3 is 0 Å². The molecule has 0 saturated carbocycles. The van der Waals surface area contributed by atoms with Crippen molar-refractivity contribution in [3.63, 3.8) is 0 Å². The standard InChI is InChI=1S/C18H17BrN2O5/c1-11-16(19)10-17(12-2-6-14(7-3-12)20(22)23)26-18(11)13-4-8-15(9-5-13)21(24)25/h2-9,11,16-18H,10H2,1H3/t11-,16+,17+,18-/m0/s1. The van der Waals surface area contributed by atoms with E-state index in [2.05, 4.69) is 22.9 Å². The average molecular weight is 421 g/mol. The first kappa shape index (κ1) is 18.5. The summed E-state index contributed by atoms with van der Waals surface area (Å²) in [5.41, 5.74) is 1.83. The molecule has 3 rings (SSSR count). The lowest BCUT2D eigenvalue weighted by atomic mass is 9.87. The highest BCUT2D eigenvalue weighted by Crippen LogP contribution is 2.45. The zero-order valence-electron chi connectivity index (χ0n) is 13.9. The molecule has 4 atom stereocenters. The van der Waals surface area contributed by atoms with Crippen LogP contribution in [0.1, 0.15) is 36.7 Å². The second-order valence-corrected chi connectivity index (χ2v) is 7.53. The minimum atomic E-state index is -0.430. The normalized spacial score (nSPS) is 25.6. The largest absolute Gasteiger partial charge is 0.365 e. The molecule has 0 bridgehead atoms. The van der Waals surface area contributed by atoms with Crippen LogP contribution in [0.4, 0.5) is 11.4 Å². The molecule has 0 spiro atoms. The Morgan fingerprint density at radius 2 is 1.38 bits per heavy atom. The van der Waals surface area contributed by atoms with Crippen LogP contribution in [0.2, 0.25) is 0 Å². The topological polar surface area (TPSA) is 95.5 Å². The number of benzene rings is 2. The van der Waals surface area contributed by atoms with Crippen molar-refractivity contribution < 1.29 is 14.6 Å². The van der Waals surface area contributed by atoms with Gasteiger partial charge in [0.2, 0.25) is 0 Å². The van der Waals surface area contributed by atoms with Gasteiger partial charge in [-0.1, -0.05) is 22.9 Å². The van der Waals surface area contributed by atoms with Crippen LogP contribution in [-0.2, 0) is 4.74 Å². The van der Waals surface area contributed by atoms with Crippen LogP contribution < -0.4 is 0 Å². The fraction of sp³-hybridized carbons (Fsp3) is 0.333. The van der Waals surface area contributed by atoms with Crippen LogP contribution >= 0.6 is 15.9 Å². The summed E-state index contributed by atoms with van der Waals surface area (Å²) in [4.78, 5) is 21.0. The Kier molecular flexibility index (Phi) is 5.33. The quantitative estimate of drug-likeness (QED) is 0.389. The molecule has 1 aliphatic rings. The van der Waals surface area contributed by atoms with Crippen LogP contribution in [0.15, 0.2) is 48.5 Å². The Bertz CT molecular complexity index is 809. The minimum Gasteiger partial charge on any atom is -0.365 e. The van der Waals surface area contributed by atoms with E-state index in [0.29, 0.717) is 0 Å². The SMILES string of the molecule is C[C@H]1[C@H](Br)C[C@H](c2ccc([N+](=O)[O-])cc2)O[C@@H]1c1ccc([N+](=O)[O-])cc1. The molecule has 2 aromatic carbocycles. The number of rotatable bonds is 4. The summed E-state index contributed by atoms with van der Waals surface area (Å²) >= 11 is 3.71. The summed E-state index contributed by atoms with van der Waals surface area (Å²) in [6, 6.07) is 12.8. The van der Waals surface area contributed by atoms with E-state index in [1.165, 1.54) is 24.3 Å². The number of nitrogens with zero attached hydrogens (tertiary/aromatic N) is 2. The Morgan fingerprint density at radius 3 is 1.85 bits per heavy atom. The predicted molar refractivity (Wildman–Crippen MR) is 99.3 cm³/mol. The zero-order chi connectivity index (χ0) is 18.8. The summed E-state index contributed by atoms with van der Waals surface area (Å²) in [5, 5.41) is 21.7. The summed E-state index contributed by atoms with van der Waals surface area (Å²) in [6.45, 7) is 2.07. The highest BCUT2D eigenvalue weighted by Gasteiger charge is 2.36. The molecule has 1 heterocycles. The molecule has 1 fully saturated rings. The highest BCUT2D eigenvalue weighted by atomic mass is 79.9. The fourth-order valence-corrected chi connectivity index (χ4v) is 3.78. The van der Waals surface area contributed by atoms with Crippen LogP contribution in [0.5, 0.6) is 0 Å². The molecule has 136 valence electrons. The van der Waals surface area contributed by atoms with Gasteiger partial charge in [0.1, 0.15) is 0 Å². The molecule has 0 aliphatic carbocycles. The zero-order valence-corrected chi connectivity index (χ0v) is 15.5. The van der Waals surface area contributed by atoms with Crippen molar-refractivity contribution in [1.82, 2.24) is 0 Å². The molecule has 2 aromatic rings. The molecule has 0 amide bonds. The first-order chi connectivity index (χ1) is 12.4. The van der Waals surface area contributed by atoms with Gasteiger partial charge in [-0.15, -0.1) is 0 Å². The number of halogens is 1. The molecule has 1 aliphatic heterocycles. The third-order valence-corrected chi connectivity index (χ3v) is 5.91. The minimum absolute atomic E-state index is 0.0412. The number of ether oxygens (including phenoxy) is 1. The van der Waals surface area contributed by atoms with E-state index < -0.39 is 9.85 Å². The van der Waals surface area contributed by atoms with E-state index in [4.69, 9.17) is 4.74 Å². The lowest BCUT2D eigenvalue weighted by Crippen LogP contribution is -2.31. The maximum atomic E-state index is 10.8. The summed E-state index contributed by atoms with van der Waals surface area (Å²) < 4.78 is 6.27. The van der Waals surface area contributed by atoms with Gasteiger partial charge in [0.05, 0.1) is 22.1 Å². The van der Waals surface area contributed by atoms with Gasteiger partial charge in [-0.3, -0.25) is 20.2 Å². The van der Waals surface area contributed by atoms with Crippen molar-refractivity contribution in [2.45, 2.75) is 30.4 Å².